The molecule has 2 atom stereocenters. The summed E-state index contributed by atoms with van der Waals surface area (Å²) in [5.41, 5.74) is 0.866. The molecule has 112 valence electrons. The predicted molar refractivity (Wildman–Crippen MR) is 78.6 cm³/mol. The molecule has 0 unspecified atom stereocenters. The Kier molecular flexibility index (Phi) is 5.07. The van der Waals surface area contributed by atoms with Gasteiger partial charge in [-0.3, -0.25) is 0 Å². The third kappa shape index (κ3) is 2.85. The summed E-state index contributed by atoms with van der Waals surface area (Å²) in [7, 11) is 1.65. The lowest BCUT2D eigenvalue weighted by molar-refractivity contribution is 0.0721. The molecule has 0 aromatic heterocycles. The summed E-state index contributed by atoms with van der Waals surface area (Å²) in [5, 5.41) is 3.39. The molecule has 0 aliphatic carbocycles. The molecule has 0 radical (unpaired) electrons. The van der Waals surface area contributed by atoms with Crippen LogP contribution in [-0.2, 0) is 4.74 Å². The van der Waals surface area contributed by atoms with E-state index in [0.29, 0.717) is 18.4 Å². The van der Waals surface area contributed by atoms with E-state index in [0.717, 1.165) is 31.7 Å². The van der Waals surface area contributed by atoms with Gasteiger partial charge in [-0.05, 0) is 12.1 Å². The summed E-state index contributed by atoms with van der Waals surface area (Å²) in [6.45, 7) is 3.18. The Labute approximate surface area is 124 Å². The average molecular weight is 303 g/mol. The Morgan fingerprint density at radius 1 is 1.50 bits per heavy atom. The van der Waals surface area contributed by atoms with Crippen molar-refractivity contribution in [3.63, 3.8) is 0 Å². The topological polar surface area (TPSA) is 33.7 Å². The van der Waals surface area contributed by atoms with Crippen LogP contribution < -0.4 is 15.0 Å². The number of nitrogens with one attached hydrogen (secondary N) is 1. The van der Waals surface area contributed by atoms with Gasteiger partial charge in [-0.25, -0.2) is 4.39 Å². The van der Waals surface area contributed by atoms with Crippen LogP contribution in [-0.4, -0.2) is 45.5 Å². The summed E-state index contributed by atoms with van der Waals surface area (Å²) >= 11 is 0. The highest BCUT2D eigenvalue weighted by molar-refractivity contribution is 5.85. The van der Waals surface area contributed by atoms with E-state index in [1.54, 1.807) is 13.2 Å². The van der Waals surface area contributed by atoms with Gasteiger partial charge < -0.3 is 19.7 Å². The third-order valence-electron chi connectivity index (χ3n) is 3.78. The minimum absolute atomic E-state index is 0. The fraction of sp³-hybridized carbons (Fsp3) is 0.571. The number of piperazine rings is 1. The highest BCUT2D eigenvalue weighted by atomic mass is 35.5. The molecule has 2 heterocycles. The van der Waals surface area contributed by atoms with Crippen LogP contribution in [0.3, 0.4) is 0 Å². The molecule has 0 bridgehead atoms. The van der Waals surface area contributed by atoms with Gasteiger partial charge in [0, 0.05) is 39.2 Å². The normalized spacial score (nSPS) is 24.8. The summed E-state index contributed by atoms with van der Waals surface area (Å²) in [6, 6.07) is 5.46. The van der Waals surface area contributed by atoms with Crippen LogP contribution >= 0.6 is 12.4 Å². The number of hydrogen-bond donors (Lipinski definition) is 1. The molecule has 3 rings (SSSR count). The number of para-hydroxylation sites is 1. The zero-order valence-corrected chi connectivity index (χ0v) is 12.3. The van der Waals surface area contributed by atoms with Crippen molar-refractivity contribution in [2.45, 2.75) is 18.6 Å². The molecule has 1 aromatic rings. The van der Waals surface area contributed by atoms with E-state index < -0.39 is 0 Å². The van der Waals surface area contributed by atoms with Gasteiger partial charge >= 0.3 is 0 Å². The lowest BCUT2D eigenvalue weighted by Crippen LogP contribution is -2.52. The van der Waals surface area contributed by atoms with E-state index in [9.17, 15) is 4.39 Å². The molecule has 1 saturated heterocycles. The van der Waals surface area contributed by atoms with Gasteiger partial charge in [-0.1, -0.05) is 6.07 Å². The maximum atomic E-state index is 14.0. The van der Waals surface area contributed by atoms with Crippen LogP contribution in [0.4, 0.5) is 10.1 Å². The second-order valence-electron chi connectivity index (χ2n) is 5.07. The van der Waals surface area contributed by atoms with Crippen LogP contribution in [0, 0.1) is 5.82 Å². The first-order valence-corrected chi connectivity index (χ1v) is 6.71. The molecule has 6 heteroatoms. The molecule has 20 heavy (non-hydrogen) atoms. The Hall–Kier alpha value is -1.04. The number of rotatable bonds is 2. The van der Waals surface area contributed by atoms with Crippen LogP contribution in [0.5, 0.6) is 5.75 Å². The van der Waals surface area contributed by atoms with Gasteiger partial charge in [0.05, 0.1) is 12.3 Å². The van der Waals surface area contributed by atoms with Gasteiger partial charge in [0.15, 0.2) is 11.6 Å². The minimum atomic E-state index is -0.294. The van der Waals surface area contributed by atoms with Crippen molar-refractivity contribution >= 4 is 18.1 Å². The number of methoxy groups -OCH3 is 1. The Morgan fingerprint density at radius 3 is 3.15 bits per heavy atom. The lowest BCUT2D eigenvalue weighted by atomic mass is 10.1. The van der Waals surface area contributed by atoms with Crippen LogP contribution in [0.25, 0.3) is 0 Å². The van der Waals surface area contributed by atoms with Gasteiger partial charge in [-0.15, -0.1) is 12.4 Å². The highest BCUT2D eigenvalue weighted by Gasteiger charge is 2.33. The molecule has 0 amide bonds. The molecule has 0 spiro atoms. The monoisotopic (exact) mass is 302 g/mol. The standard InChI is InChI=1S/C14H19FN2O2.ClH/c1-18-9-11-7-10-8-16-5-6-17(10)13-4-2-3-12(15)14(13)19-11;/h2-4,10-11,16H,5-9H2,1H3;1H/t10-,11+;/m1./s1. The molecular formula is C14H20ClFN2O2. The van der Waals surface area contributed by atoms with Crippen molar-refractivity contribution in [1.82, 2.24) is 5.32 Å². The molecule has 2 aliphatic rings. The van der Waals surface area contributed by atoms with Crippen molar-refractivity contribution in [2.75, 3.05) is 38.3 Å². The fourth-order valence-corrected chi connectivity index (χ4v) is 2.94. The van der Waals surface area contributed by atoms with Crippen LogP contribution in [0.1, 0.15) is 6.42 Å². The zero-order valence-electron chi connectivity index (χ0n) is 11.5. The quantitative estimate of drug-likeness (QED) is 0.904. The smallest absolute Gasteiger partial charge is 0.178 e. The first-order chi connectivity index (χ1) is 9.29. The van der Waals surface area contributed by atoms with E-state index in [1.807, 2.05) is 6.07 Å². The van der Waals surface area contributed by atoms with Crippen molar-refractivity contribution in [3.8, 4) is 5.75 Å². The number of benzene rings is 1. The maximum absolute atomic E-state index is 14.0. The van der Waals surface area contributed by atoms with Crippen molar-refractivity contribution < 1.29 is 13.9 Å². The van der Waals surface area contributed by atoms with E-state index in [1.165, 1.54) is 6.07 Å². The van der Waals surface area contributed by atoms with E-state index >= 15 is 0 Å². The van der Waals surface area contributed by atoms with Gasteiger partial charge in [0.2, 0.25) is 0 Å². The highest BCUT2D eigenvalue weighted by Crippen LogP contribution is 2.37. The second-order valence-corrected chi connectivity index (χ2v) is 5.07. The molecule has 2 aliphatic heterocycles. The summed E-state index contributed by atoms with van der Waals surface area (Å²) in [6.07, 6.45) is 0.741. The zero-order chi connectivity index (χ0) is 13.2. The number of halogens is 2. The summed E-state index contributed by atoms with van der Waals surface area (Å²) < 4.78 is 25.1. The van der Waals surface area contributed by atoms with E-state index in [4.69, 9.17) is 9.47 Å². The van der Waals surface area contributed by atoms with Gasteiger partial charge in [0.25, 0.3) is 0 Å². The summed E-state index contributed by atoms with van der Waals surface area (Å²) in [5.74, 6) is 0.0757. The first-order valence-electron chi connectivity index (χ1n) is 6.71. The molecular weight excluding hydrogens is 283 g/mol. The van der Waals surface area contributed by atoms with Crippen LogP contribution in [0.15, 0.2) is 18.2 Å². The molecule has 0 saturated carbocycles. The Balaban J connectivity index is 0.00000147. The number of fused-ring (bicyclic) bond motifs is 3. The largest absolute Gasteiger partial charge is 0.483 e. The Morgan fingerprint density at radius 2 is 2.35 bits per heavy atom. The molecule has 4 nitrogen and oxygen atoms in total. The van der Waals surface area contributed by atoms with Crippen LogP contribution in [0.2, 0.25) is 0 Å². The second kappa shape index (κ2) is 6.61. The first kappa shape index (κ1) is 15.4. The van der Waals surface area contributed by atoms with E-state index in [2.05, 4.69) is 10.2 Å². The third-order valence-corrected chi connectivity index (χ3v) is 3.78. The Bertz CT molecular complexity index is 461. The number of ether oxygens (including phenoxy) is 2. The average Bonchev–Trinajstić information content (AvgIpc) is 2.57. The van der Waals surface area contributed by atoms with Gasteiger partial charge in [-0.2, -0.15) is 0 Å². The predicted octanol–water partition coefficient (Wildman–Crippen LogP) is 1.82. The molecule has 1 N–H and O–H groups in total. The molecule has 1 aromatic carbocycles. The van der Waals surface area contributed by atoms with E-state index in [-0.39, 0.29) is 24.3 Å². The fourth-order valence-electron chi connectivity index (χ4n) is 2.94. The van der Waals surface area contributed by atoms with Crippen molar-refractivity contribution in [3.05, 3.63) is 24.0 Å². The number of hydrogen-bond acceptors (Lipinski definition) is 4. The SMILES string of the molecule is COC[C@@H]1C[C@@H]2CNCCN2c2cccc(F)c2O1.Cl. The maximum Gasteiger partial charge on any atom is 0.178 e. The number of anilines is 1. The lowest BCUT2D eigenvalue weighted by Gasteiger charge is -2.37. The van der Waals surface area contributed by atoms with Gasteiger partial charge in [0.1, 0.15) is 6.10 Å². The number of nitrogens with zero attached hydrogens (tertiary/aromatic N) is 1. The minimum Gasteiger partial charge on any atom is -0.483 e. The summed E-state index contributed by atoms with van der Waals surface area (Å²) in [4.78, 5) is 2.25. The molecule has 1 fully saturated rings. The van der Waals surface area contributed by atoms with Crippen molar-refractivity contribution in [1.29, 1.82) is 0 Å². The van der Waals surface area contributed by atoms with Crippen molar-refractivity contribution in [2.24, 2.45) is 0 Å².